The number of nitrogens with zero attached hydrogens (tertiary/aromatic N) is 1. The molecule has 0 bridgehead atoms. The minimum atomic E-state index is -0.140. The first kappa shape index (κ1) is 16.9. The third kappa shape index (κ3) is 3.47. The van der Waals surface area contributed by atoms with Gasteiger partial charge in [0.2, 0.25) is 5.91 Å². The lowest BCUT2D eigenvalue weighted by Gasteiger charge is -2.37. The minimum Gasteiger partial charge on any atom is -0.496 e. The van der Waals surface area contributed by atoms with Gasteiger partial charge in [-0.25, -0.2) is 0 Å². The van der Waals surface area contributed by atoms with Crippen LogP contribution >= 0.6 is 11.6 Å². The molecule has 5 nitrogen and oxygen atoms in total. The molecule has 1 N–H and O–H groups in total. The lowest BCUT2D eigenvalue weighted by Crippen LogP contribution is -2.56. The lowest BCUT2D eigenvalue weighted by atomic mass is 9.98. The normalized spacial score (nSPS) is 19.2. The van der Waals surface area contributed by atoms with Crippen molar-refractivity contribution in [1.29, 1.82) is 0 Å². The second-order valence-corrected chi connectivity index (χ2v) is 6.16. The van der Waals surface area contributed by atoms with Gasteiger partial charge in [-0.3, -0.25) is 9.69 Å². The van der Waals surface area contributed by atoms with Crippen LogP contribution in [0.5, 0.6) is 11.5 Å². The Morgan fingerprint density at radius 2 is 2.00 bits per heavy atom. The van der Waals surface area contributed by atoms with Gasteiger partial charge >= 0.3 is 0 Å². The molecule has 122 valence electrons. The van der Waals surface area contributed by atoms with Gasteiger partial charge in [-0.15, -0.1) is 0 Å². The minimum absolute atomic E-state index is 0.0832. The summed E-state index contributed by atoms with van der Waals surface area (Å²) in [4.78, 5) is 14.3. The van der Waals surface area contributed by atoms with E-state index in [4.69, 9.17) is 21.1 Å². The summed E-state index contributed by atoms with van der Waals surface area (Å²) in [5.41, 5.74) is 0.952. The molecule has 1 heterocycles. The average molecular weight is 327 g/mol. The highest BCUT2D eigenvalue weighted by Gasteiger charge is 2.32. The zero-order valence-corrected chi connectivity index (χ0v) is 14.2. The molecule has 0 spiro atoms. The monoisotopic (exact) mass is 326 g/mol. The van der Waals surface area contributed by atoms with Gasteiger partial charge in [0.05, 0.1) is 25.3 Å². The summed E-state index contributed by atoms with van der Waals surface area (Å²) < 4.78 is 10.7. The summed E-state index contributed by atoms with van der Waals surface area (Å²) in [7, 11) is 3.19. The molecule has 0 saturated carbocycles. The van der Waals surface area contributed by atoms with Gasteiger partial charge in [-0.2, -0.15) is 0 Å². The Balaban J connectivity index is 2.28. The zero-order chi connectivity index (χ0) is 16.3. The molecule has 1 saturated heterocycles. The predicted octanol–water partition coefficient (Wildman–Crippen LogP) is 2.31. The number of amides is 1. The fraction of sp³-hybridized carbons (Fsp3) is 0.562. The number of piperazine rings is 1. The maximum atomic E-state index is 12.1. The number of nitrogens with one attached hydrogen (secondary N) is 1. The van der Waals surface area contributed by atoms with Crippen LogP contribution < -0.4 is 14.8 Å². The molecule has 6 heteroatoms. The summed E-state index contributed by atoms with van der Waals surface area (Å²) in [6.45, 7) is 6.19. The van der Waals surface area contributed by atoms with Crippen molar-refractivity contribution in [2.75, 3.05) is 27.3 Å². The van der Waals surface area contributed by atoms with Crippen LogP contribution in [-0.2, 0) is 11.3 Å². The van der Waals surface area contributed by atoms with E-state index in [-0.39, 0.29) is 17.9 Å². The summed E-state index contributed by atoms with van der Waals surface area (Å²) in [6, 6.07) is 3.49. The van der Waals surface area contributed by atoms with E-state index in [1.165, 1.54) is 0 Å². The Kier molecular flexibility index (Phi) is 5.53. The molecule has 22 heavy (non-hydrogen) atoms. The van der Waals surface area contributed by atoms with Crippen LogP contribution in [0.25, 0.3) is 0 Å². The molecule has 0 aliphatic carbocycles. The number of carbonyl (C=O) groups is 1. The van der Waals surface area contributed by atoms with Gasteiger partial charge in [-0.1, -0.05) is 25.4 Å². The topological polar surface area (TPSA) is 50.8 Å². The number of rotatable bonds is 5. The number of benzene rings is 1. The first-order valence-corrected chi connectivity index (χ1v) is 7.77. The lowest BCUT2D eigenvalue weighted by molar-refractivity contribution is -0.131. The average Bonchev–Trinajstić information content (AvgIpc) is 2.47. The highest BCUT2D eigenvalue weighted by atomic mass is 35.5. The number of hydrogen-bond acceptors (Lipinski definition) is 4. The molecule has 1 amide bonds. The molecular formula is C16H23ClN2O3. The SMILES string of the molecule is COc1cc(OC)c(CN2CCNC(=O)[C@H]2C(C)C)cc1Cl. The molecule has 2 rings (SSSR count). The van der Waals surface area contributed by atoms with E-state index in [9.17, 15) is 4.79 Å². The molecule has 0 aromatic heterocycles. The molecule has 0 unspecified atom stereocenters. The second-order valence-electron chi connectivity index (χ2n) is 5.75. The van der Waals surface area contributed by atoms with E-state index >= 15 is 0 Å². The van der Waals surface area contributed by atoms with Crippen molar-refractivity contribution in [1.82, 2.24) is 10.2 Å². The van der Waals surface area contributed by atoms with Gasteiger partial charge in [0.15, 0.2) is 0 Å². The first-order chi connectivity index (χ1) is 10.5. The molecule has 0 radical (unpaired) electrons. The van der Waals surface area contributed by atoms with Crippen LogP contribution in [0.4, 0.5) is 0 Å². The standard InChI is InChI=1S/C16H23ClN2O3/c1-10(2)15-16(20)18-5-6-19(15)9-11-7-12(17)14(22-4)8-13(11)21-3/h7-8,10,15H,5-6,9H2,1-4H3,(H,18,20)/t15-/m1/s1. The highest BCUT2D eigenvalue weighted by molar-refractivity contribution is 6.32. The third-order valence-corrected chi connectivity index (χ3v) is 4.22. The summed E-state index contributed by atoms with van der Waals surface area (Å²) >= 11 is 6.23. The van der Waals surface area contributed by atoms with E-state index < -0.39 is 0 Å². The van der Waals surface area contributed by atoms with Gasteiger partial charge in [-0.05, 0) is 12.0 Å². The molecular weight excluding hydrogens is 304 g/mol. The van der Waals surface area contributed by atoms with Crippen LogP contribution in [0, 0.1) is 5.92 Å². The van der Waals surface area contributed by atoms with Crippen molar-refractivity contribution in [2.45, 2.75) is 26.4 Å². The number of hydrogen-bond donors (Lipinski definition) is 1. The smallest absolute Gasteiger partial charge is 0.237 e. The Bertz CT molecular complexity index is 548. The summed E-state index contributed by atoms with van der Waals surface area (Å²) in [5.74, 6) is 1.62. The number of methoxy groups -OCH3 is 2. The Morgan fingerprint density at radius 3 is 2.59 bits per heavy atom. The molecule has 1 aliphatic heterocycles. The van der Waals surface area contributed by atoms with Crippen molar-refractivity contribution in [3.05, 3.63) is 22.7 Å². The summed E-state index contributed by atoms with van der Waals surface area (Å²) in [5, 5.41) is 3.47. The van der Waals surface area contributed by atoms with E-state index in [1.54, 1.807) is 20.3 Å². The van der Waals surface area contributed by atoms with E-state index in [1.807, 2.05) is 6.07 Å². The quantitative estimate of drug-likeness (QED) is 0.902. The molecule has 1 aromatic rings. The number of ether oxygens (including phenoxy) is 2. The zero-order valence-electron chi connectivity index (χ0n) is 13.5. The predicted molar refractivity (Wildman–Crippen MR) is 86.6 cm³/mol. The van der Waals surface area contributed by atoms with Crippen molar-refractivity contribution in [3.8, 4) is 11.5 Å². The Hall–Kier alpha value is -1.46. The van der Waals surface area contributed by atoms with Crippen molar-refractivity contribution < 1.29 is 14.3 Å². The van der Waals surface area contributed by atoms with Crippen LogP contribution in [-0.4, -0.2) is 44.2 Å². The largest absolute Gasteiger partial charge is 0.496 e. The van der Waals surface area contributed by atoms with Gasteiger partial charge in [0, 0.05) is 31.3 Å². The van der Waals surface area contributed by atoms with Crippen LogP contribution in [0.1, 0.15) is 19.4 Å². The van der Waals surface area contributed by atoms with Crippen LogP contribution in [0.15, 0.2) is 12.1 Å². The molecule has 1 fully saturated rings. The Morgan fingerprint density at radius 1 is 1.32 bits per heavy atom. The van der Waals surface area contributed by atoms with Crippen LogP contribution in [0.2, 0.25) is 5.02 Å². The molecule has 1 atom stereocenters. The first-order valence-electron chi connectivity index (χ1n) is 7.40. The van der Waals surface area contributed by atoms with Crippen molar-refractivity contribution in [2.24, 2.45) is 5.92 Å². The maximum absolute atomic E-state index is 12.1. The maximum Gasteiger partial charge on any atom is 0.237 e. The van der Waals surface area contributed by atoms with E-state index in [2.05, 4.69) is 24.1 Å². The van der Waals surface area contributed by atoms with Crippen LogP contribution in [0.3, 0.4) is 0 Å². The van der Waals surface area contributed by atoms with Gasteiger partial charge in [0.1, 0.15) is 11.5 Å². The third-order valence-electron chi connectivity index (χ3n) is 3.92. The summed E-state index contributed by atoms with van der Waals surface area (Å²) in [6.07, 6.45) is 0. The molecule has 1 aromatic carbocycles. The fourth-order valence-electron chi connectivity index (χ4n) is 2.90. The van der Waals surface area contributed by atoms with Gasteiger partial charge < -0.3 is 14.8 Å². The van der Waals surface area contributed by atoms with Crippen molar-refractivity contribution in [3.63, 3.8) is 0 Å². The van der Waals surface area contributed by atoms with Gasteiger partial charge in [0.25, 0.3) is 0 Å². The number of halogens is 1. The highest BCUT2D eigenvalue weighted by Crippen LogP contribution is 2.33. The number of carbonyl (C=O) groups excluding carboxylic acids is 1. The van der Waals surface area contributed by atoms with Crippen molar-refractivity contribution >= 4 is 17.5 Å². The Labute approximate surface area is 136 Å². The second kappa shape index (κ2) is 7.20. The fourth-order valence-corrected chi connectivity index (χ4v) is 3.16. The van der Waals surface area contributed by atoms with E-state index in [0.29, 0.717) is 23.9 Å². The van der Waals surface area contributed by atoms with E-state index in [0.717, 1.165) is 17.9 Å². The molecule has 1 aliphatic rings.